The summed E-state index contributed by atoms with van der Waals surface area (Å²) in [5, 5.41) is 7.63. The number of fused-ring (bicyclic) bond motifs is 1. The van der Waals surface area contributed by atoms with Gasteiger partial charge in [-0.1, -0.05) is 13.8 Å². The van der Waals surface area contributed by atoms with E-state index in [9.17, 15) is 18.0 Å². The molecule has 158 valence electrons. The zero-order chi connectivity index (χ0) is 20.1. The van der Waals surface area contributed by atoms with Crippen LogP contribution in [0.1, 0.15) is 41.4 Å². The molecule has 6 nitrogen and oxygen atoms in total. The SMILES string of the molecule is CC(C)c1c(C(=O)N2C[C@H]3CNC[C@H]3C2)cnn1-c1ccc(C(F)(F)F)cn1.Cl. The van der Waals surface area contributed by atoms with Crippen molar-refractivity contribution in [2.24, 2.45) is 11.8 Å². The van der Waals surface area contributed by atoms with E-state index in [-0.39, 0.29) is 30.0 Å². The number of aromatic nitrogens is 3. The van der Waals surface area contributed by atoms with Crippen LogP contribution >= 0.6 is 12.4 Å². The summed E-state index contributed by atoms with van der Waals surface area (Å²) in [7, 11) is 0. The van der Waals surface area contributed by atoms with Crippen molar-refractivity contribution in [2.45, 2.75) is 25.9 Å². The summed E-state index contributed by atoms with van der Waals surface area (Å²) in [5.41, 5.74) is 0.333. The Hall–Kier alpha value is -2.13. The number of carbonyl (C=O) groups is 1. The highest BCUT2D eigenvalue weighted by Gasteiger charge is 2.39. The van der Waals surface area contributed by atoms with E-state index in [1.54, 1.807) is 0 Å². The van der Waals surface area contributed by atoms with Gasteiger partial charge in [-0.05, 0) is 29.9 Å². The van der Waals surface area contributed by atoms with Gasteiger partial charge in [0.25, 0.3) is 5.91 Å². The molecule has 0 aliphatic carbocycles. The van der Waals surface area contributed by atoms with Gasteiger partial charge in [0.2, 0.25) is 0 Å². The van der Waals surface area contributed by atoms with Crippen LogP contribution in [0.2, 0.25) is 0 Å². The van der Waals surface area contributed by atoms with Crippen LogP contribution < -0.4 is 5.32 Å². The molecule has 2 aliphatic rings. The largest absolute Gasteiger partial charge is 0.417 e. The molecule has 2 aromatic rings. The van der Waals surface area contributed by atoms with Crippen LogP contribution in [0.3, 0.4) is 0 Å². The number of carbonyl (C=O) groups excluding carboxylic acids is 1. The molecule has 1 N–H and O–H groups in total. The van der Waals surface area contributed by atoms with Crippen LogP contribution in [0, 0.1) is 11.8 Å². The molecule has 0 radical (unpaired) electrons. The molecule has 0 unspecified atom stereocenters. The fourth-order valence-corrected chi connectivity index (χ4v) is 4.13. The van der Waals surface area contributed by atoms with Crippen LogP contribution in [0.5, 0.6) is 0 Å². The summed E-state index contributed by atoms with van der Waals surface area (Å²) in [6.07, 6.45) is -2.15. The minimum absolute atomic E-state index is 0. The highest BCUT2D eigenvalue weighted by Crippen LogP contribution is 2.31. The number of amides is 1. The van der Waals surface area contributed by atoms with E-state index in [0.29, 0.717) is 23.1 Å². The predicted molar refractivity (Wildman–Crippen MR) is 103 cm³/mol. The Kier molecular flexibility index (Phi) is 5.91. The summed E-state index contributed by atoms with van der Waals surface area (Å²) in [6, 6.07) is 2.26. The normalized spacial score (nSPS) is 21.4. The van der Waals surface area contributed by atoms with Crippen molar-refractivity contribution in [3.63, 3.8) is 0 Å². The molecular formula is C19H23ClF3N5O. The second-order valence-electron chi connectivity index (χ2n) is 7.80. The molecule has 0 spiro atoms. The van der Waals surface area contributed by atoms with Gasteiger partial charge in [0.05, 0.1) is 23.0 Å². The quantitative estimate of drug-likeness (QED) is 0.814. The van der Waals surface area contributed by atoms with E-state index in [0.717, 1.165) is 38.4 Å². The molecule has 2 saturated heterocycles. The number of hydrogen-bond acceptors (Lipinski definition) is 4. The Morgan fingerprint density at radius 1 is 1.17 bits per heavy atom. The molecule has 2 atom stereocenters. The zero-order valence-corrected chi connectivity index (χ0v) is 16.9. The van der Waals surface area contributed by atoms with E-state index in [4.69, 9.17) is 0 Å². The Balaban J connectivity index is 0.00000240. The maximum absolute atomic E-state index is 13.1. The van der Waals surface area contributed by atoms with E-state index >= 15 is 0 Å². The molecule has 4 heterocycles. The number of nitrogens with zero attached hydrogens (tertiary/aromatic N) is 4. The predicted octanol–water partition coefficient (Wildman–Crippen LogP) is 3.12. The smallest absolute Gasteiger partial charge is 0.338 e. The van der Waals surface area contributed by atoms with Crippen molar-refractivity contribution in [2.75, 3.05) is 26.2 Å². The first-order chi connectivity index (χ1) is 13.3. The van der Waals surface area contributed by atoms with Crippen molar-refractivity contribution in [1.82, 2.24) is 25.0 Å². The van der Waals surface area contributed by atoms with Gasteiger partial charge in [0.1, 0.15) is 0 Å². The molecule has 10 heteroatoms. The average molecular weight is 430 g/mol. The molecule has 29 heavy (non-hydrogen) atoms. The second kappa shape index (κ2) is 7.95. The topological polar surface area (TPSA) is 63.1 Å². The standard InChI is InChI=1S/C19H22F3N5O.ClH/c1-11(2)17-15(18(28)26-9-12-5-23-6-13(12)10-26)8-25-27(17)16-4-3-14(7-24-16)19(20,21)22;/h3-4,7-8,11-13,23H,5-6,9-10H2,1-2H3;1H/t12-,13+;. The molecule has 0 bridgehead atoms. The van der Waals surface area contributed by atoms with Crippen molar-refractivity contribution < 1.29 is 18.0 Å². The summed E-state index contributed by atoms with van der Waals surface area (Å²) in [5.74, 6) is 1.11. The second-order valence-corrected chi connectivity index (χ2v) is 7.80. The summed E-state index contributed by atoms with van der Waals surface area (Å²) < 4.78 is 39.8. The molecule has 0 aromatic carbocycles. The van der Waals surface area contributed by atoms with Crippen LogP contribution in [-0.2, 0) is 6.18 Å². The molecule has 4 rings (SSSR count). The minimum atomic E-state index is -4.44. The Labute approximate surface area is 172 Å². The monoisotopic (exact) mass is 429 g/mol. The van der Waals surface area contributed by atoms with Gasteiger partial charge >= 0.3 is 6.18 Å². The lowest BCUT2D eigenvalue weighted by Gasteiger charge is -2.19. The number of pyridine rings is 1. The van der Waals surface area contributed by atoms with Crippen molar-refractivity contribution >= 4 is 18.3 Å². The summed E-state index contributed by atoms with van der Waals surface area (Å²) in [4.78, 5) is 18.9. The summed E-state index contributed by atoms with van der Waals surface area (Å²) >= 11 is 0. The number of halogens is 4. The highest BCUT2D eigenvalue weighted by molar-refractivity contribution is 5.95. The third-order valence-corrected chi connectivity index (χ3v) is 5.55. The van der Waals surface area contributed by atoms with Crippen LogP contribution in [0.15, 0.2) is 24.5 Å². The lowest BCUT2D eigenvalue weighted by molar-refractivity contribution is -0.137. The molecule has 1 amide bonds. The first-order valence-corrected chi connectivity index (χ1v) is 9.37. The van der Waals surface area contributed by atoms with E-state index in [1.807, 2.05) is 18.7 Å². The maximum Gasteiger partial charge on any atom is 0.417 e. The van der Waals surface area contributed by atoms with Crippen molar-refractivity contribution in [3.05, 3.63) is 41.3 Å². The maximum atomic E-state index is 13.1. The zero-order valence-electron chi connectivity index (χ0n) is 16.1. The third-order valence-electron chi connectivity index (χ3n) is 5.55. The Morgan fingerprint density at radius 2 is 1.83 bits per heavy atom. The molecular weight excluding hydrogens is 407 g/mol. The fourth-order valence-electron chi connectivity index (χ4n) is 4.13. The average Bonchev–Trinajstić information content (AvgIpc) is 3.34. The van der Waals surface area contributed by atoms with Gasteiger partial charge in [0.15, 0.2) is 5.82 Å². The number of alkyl halides is 3. The third kappa shape index (κ3) is 3.98. The number of nitrogens with one attached hydrogen (secondary N) is 1. The van der Waals surface area contributed by atoms with E-state index in [1.165, 1.54) is 16.9 Å². The van der Waals surface area contributed by atoms with Gasteiger partial charge < -0.3 is 10.2 Å². The van der Waals surface area contributed by atoms with Gasteiger partial charge in [-0.3, -0.25) is 4.79 Å². The Morgan fingerprint density at radius 3 is 2.34 bits per heavy atom. The van der Waals surface area contributed by atoms with E-state index < -0.39 is 11.7 Å². The fraction of sp³-hybridized carbons (Fsp3) is 0.526. The van der Waals surface area contributed by atoms with Gasteiger partial charge in [-0.15, -0.1) is 12.4 Å². The van der Waals surface area contributed by atoms with Crippen LogP contribution in [0.25, 0.3) is 5.82 Å². The molecule has 2 fully saturated rings. The lowest BCUT2D eigenvalue weighted by atomic mass is 10.0. The molecule has 0 saturated carbocycles. The molecule has 2 aromatic heterocycles. The molecule has 2 aliphatic heterocycles. The lowest BCUT2D eigenvalue weighted by Crippen LogP contribution is -2.32. The first-order valence-electron chi connectivity index (χ1n) is 9.37. The summed E-state index contributed by atoms with van der Waals surface area (Å²) in [6.45, 7) is 7.16. The van der Waals surface area contributed by atoms with E-state index in [2.05, 4.69) is 15.4 Å². The van der Waals surface area contributed by atoms with Crippen LogP contribution in [0.4, 0.5) is 13.2 Å². The van der Waals surface area contributed by atoms with Gasteiger partial charge in [0, 0.05) is 32.4 Å². The Bertz CT molecular complexity index is 869. The van der Waals surface area contributed by atoms with Gasteiger partial charge in [-0.2, -0.15) is 18.3 Å². The van der Waals surface area contributed by atoms with Crippen molar-refractivity contribution in [1.29, 1.82) is 0 Å². The number of hydrogen-bond donors (Lipinski definition) is 1. The van der Waals surface area contributed by atoms with Crippen LogP contribution in [-0.4, -0.2) is 51.8 Å². The first kappa shape index (κ1) is 21.6. The number of likely N-dealkylation sites (tertiary alicyclic amines) is 1. The minimum Gasteiger partial charge on any atom is -0.338 e. The van der Waals surface area contributed by atoms with Gasteiger partial charge in [-0.25, -0.2) is 9.67 Å². The highest BCUT2D eigenvalue weighted by atomic mass is 35.5. The number of rotatable bonds is 3. The van der Waals surface area contributed by atoms with Crippen molar-refractivity contribution in [3.8, 4) is 5.82 Å².